The summed E-state index contributed by atoms with van der Waals surface area (Å²) in [5, 5.41) is 3.97. The van der Waals surface area contributed by atoms with Gasteiger partial charge in [-0.3, -0.25) is 0 Å². The second kappa shape index (κ2) is 3.66. The van der Waals surface area contributed by atoms with E-state index in [0.717, 1.165) is 12.1 Å². The summed E-state index contributed by atoms with van der Waals surface area (Å²) in [5.74, 6) is 0. The fraction of sp³-hybridized carbons (Fsp3) is 0.182. The highest BCUT2D eigenvalue weighted by molar-refractivity contribution is 5.42. The van der Waals surface area contributed by atoms with Crippen LogP contribution in [0.25, 0.3) is 5.69 Å². The average Bonchev–Trinajstić information content (AvgIpc) is 2.69. The topological polar surface area (TPSA) is 17.8 Å². The van der Waals surface area contributed by atoms with E-state index in [-0.39, 0.29) is 0 Å². The summed E-state index contributed by atoms with van der Waals surface area (Å²) in [5.41, 5.74) is 0.553. The molecule has 0 radical (unpaired) electrons. The van der Waals surface area contributed by atoms with E-state index in [9.17, 15) is 13.2 Å². The van der Waals surface area contributed by atoms with E-state index in [4.69, 9.17) is 0 Å². The van der Waals surface area contributed by atoms with E-state index in [1.165, 1.54) is 10.7 Å². The smallest absolute Gasteiger partial charge is 0.241 e. The molecular weight excluding hydrogens is 217 g/mol. The fourth-order valence-electron chi connectivity index (χ4n) is 1.50. The van der Waals surface area contributed by atoms with Crippen molar-refractivity contribution >= 4 is 0 Å². The van der Waals surface area contributed by atoms with Crippen LogP contribution in [0.3, 0.4) is 0 Å². The van der Waals surface area contributed by atoms with Crippen LogP contribution in [0.2, 0.25) is 0 Å². The summed E-state index contributed by atoms with van der Waals surface area (Å²) < 4.78 is 38.8. The molecular formula is C11H9F3N2. The number of alkyl halides is 3. The van der Waals surface area contributed by atoms with Crippen LogP contribution in [-0.2, 0) is 6.18 Å². The molecule has 5 heteroatoms. The Labute approximate surface area is 90.3 Å². The zero-order valence-electron chi connectivity index (χ0n) is 8.49. The minimum Gasteiger partial charge on any atom is -0.241 e. The van der Waals surface area contributed by atoms with Crippen molar-refractivity contribution in [3.8, 4) is 5.69 Å². The van der Waals surface area contributed by atoms with Gasteiger partial charge >= 0.3 is 6.18 Å². The molecule has 0 fully saturated rings. The third kappa shape index (κ3) is 1.93. The van der Waals surface area contributed by atoms with Crippen molar-refractivity contribution in [1.82, 2.24) is 9.78 Å². The Bertz CT molecular complexity index is 486. The molecule has 0 bridgehead atoms. The lowest BCUT2D eigenvalue weighted by Gasteiger charge is -2.10. The molecule has 0 aliphatic carbocycles. The molecule has 84 valence electrons. The molecule has 0 saturated heterocycles. The average molecular weight is 226 g/mol. The number of benzene rings is 1. The highest BCUT2D eigenvalue weighted by atomic mass is 19.4. The first-order chi connectivity index (χ1) is 7.48. The van der Waals surface area contributed by atoms with Crippen molar-refractivity contribution in [2.75, 3.05) is 0 Å². The Kier molecular flexibility index (Phi) is 2.46. The van der Waals surface area contributed by atoms with Crippen LogP contribution in [0.5, 0.6) is 0 Å². The second-order valence-electron chi connectivity index (χ2n) is 3.45. The van der Waals surface area contributed by atoms with Gasteiger partial charge in [0.05, 0.1) is 11.3 Å². The molecule has 2 aromatic rings. The monoisotopic (exact) mass is 226 g/mol. The zero-order chi connectivity index (χ0) is 11.8. The number of aromatic nitrogens is 2. The molecule has 0 aliphatic rings. The number of hydrogen-bond donors (Lipinski definition) is 0. The molecule has 2 nitrogen and oxygen atoms in total. The number of aryl methyl sites for hydroxylation is 1. The van der Waals surface area contributed by atoms with Gasteiger partial charge in [0.25, 0.3) is 0 Å². The first-order valence-electron chi connectivity index (χ1n) is 4.66. The number of nitrogens with zero attached hydrogens (tertiary/aromatic N) is 2. The van der Waals surface area contributed by atoms with Gasteiger partial charge in [0.15, 0.2) is 0 Å². The SMILES string of the molecule is Cc1cc(C(F)(F)F)ccc1-n1cccn1. The van der Waals surface area contributed by atoms with Crippen LogP contribution in [0, 0.1) is 6.92 Å². The lowest BCUT2D eigenvalue weighted by molar-refractivity contribution is -0.137. The first-order valence-corrected chi connectivity index (χ1v) is 4.66. The van der Waals surface area contributed by atoms with E-state index in [0.29, 0.717) is 11.3 Å². The highest BCUT2D eigenvalue weighted by Gasteiger charge is 2.30. The highest BCUT2D eigenvalue weighted by Crippen LogP contribution is 2.30. The van der Waals surface area contributed by atoms with Crippen LogP contribution in [0.15, 0.2) is 36.7 Å². The summed E-state index contributed by atoms with van der Waals surface area (Å²) in [7, 11) is 0. The number of halogens is 3. The maximum absolute atomic E-state index is 12.4. The minimum atomic E-state index is -4.30. The molecule has 2 rings (SSSR count). The molecule has 1 aromatic carbocycles. The Morgan fingerprint density at radius 1 is 1.25 bits per heavy atom. The predicted octanol–water partition coefficient (Wildman–Crippen LogP) is 3.20. The van der Waals surface area contributed by atoms with Gasteiger partial charge in [0.2, 0.25) is 0 Å². The van der Waals surface area contributed by atoms with Gasteiger partial charge in [-0.05, 0) is 36.8 Å². The van der Waals surface area contributed by atoms with E-state index in [1.807, 2.05) is 0 Å². The van der Waals surface area contributed by atoms with Crippen LogP contribution in [0.1, 0.15) is 11.1 Å². The summed E-state index contributed by atoms with van der Waals surface area (Å²) in [6.07, 6.45) is -1.03. The third-order valence-electron chi connectivity index (χ3n) is 2.28. The maximum atomic E-state index is 12.4. The molecule has 16 heavy (non-hydrogen) atoms. The van der Waals surface area contributed by atoms with Crippen molar-refractivity contribution in [3.05, 3.63) is 47.8 Å². The van der Waals surface area contributed by atoms with E-state index in [1.54, 1.807) is 25.4 Å². The zero-order valence-corrected chi connectivity index (χ0v) is 8.49. The van der Waals surface area contributed by atoms with E-state index in [2.05, 4.69) is 5.10 Å². The van der Waals surface area contributed by atoms with Crippen molar-refractivity contribution in [3.63, 3.8) is 0 Å². The van der Waals surface area contributed by atoms with Crippen LogP contribution >= 0.6 is 0 Å². The quantitative estimate of drug-likeness (QED) is 0.730. The van der Waals surface area contributed by atoms with E-state index >= 15 is 0 Å². The largest absolute Gasteiger partial charge is 0.416 e. The van der Waals surface area contributed by atoms with Crippen LogP contribution in [-0.4, -0.2) is 9.78 Å². The van der Waals surface area contributed by atoms with Gasteiger partial charge in [-0.2, -0.15) is 18.3 Å². The molecule has 1 aromatic heterocycles. The first kappa shape index (κ1) is 10.7. The fourth-order valence-corrected chi connectivity index (χ4v) is 1.50. The van der Waals surface area contributed by atoms with Crippen molar-refractivity contribution in [2.45, 2.75) is 13.1 Å². The van der Waals surface area contributed by atoms with Gasteiger partial charge in [0.1, 0.15) is 0 Å². The molecule has 0 N–H and O–H groups in total. The van der Waals surface area contributed by atoms with Crippen LogP contribution < -0.4 is 0 Å². The summed E-state index contributed by atoms with van der Waals surface area (Å²) >= 11 is 0. The summed E-state index contributed by atoms with van der Waals surface area (Å²) in [6.45, 7) is 1.63. The van der Waals surface area contributed by atoms with Crippen LogP contribution in [0.4, 0.5) is 13.2 Å². The molecule has 0 unspecified atom stereocenters. The van der Waals surface area contributed by atoms with Crippen molar-refractivity contribution in [1.29, 1.82) is 0 Å². The van der Waals surface area contributed by atoms with Gasteiger partial charge in [-0.25, -0.2) is 4.68 Å². The summed E-state index contributed by atoms with van der Waals surface area (Å²) in [6, 6.07) is 5.32. The lowest BCUT2D eigenvalue weighted by atomic mass is 10.1. The van der Waals surface area contributed by atoms with Crippen molar-refractivity contribution < 1.29 is 13.2 Å². The number of hydrogen-bond acceptors (Lipinski definition) is 1. The molecule has 0 atom stereocenters. The Morgan fingerprint density at radius 2 is 2.00 bits per heavy atom. The van der Waals surface area contributed by atoms with Gasteiger partial charge < -0.3 is 0 Å². The second-order valence-corrected chi connectivity index (χ2v) is 3.45. The maximum Gasteiger partial charge on any atom is 0.416 e. The van der Waals surface area contributed by atoms with Crippen molar-refractivity contribution in [2.24, 2.45) is 0 Å². The summed E-state index contributed by atoms with van der Waals surface area (Å²) in [4.78, 5) is 0. The third-order valence-corrected chi connectivity index (χ3v) is 2.28. The van der Waals surface area contributed by atoms with E-state index < -0.39 is 11.7 Å². The number of rotatable bonds is 1. The molecule has 0 spiro atoms. The Morgan fingerprint density at radius 3 is 2.50 bits per heavy atom. The van der Waals surface area contributed by atoms with Gasteiger partial charge in [-0.15, -0.1) is 0 Å². The molecule has 0 amide bonds. The lowest BCUT2D eigenvalue weighted by Crippen LogP contribution is -2.06. The normalized spacial score (nSPS) is 11.8. The predicted molar refractivity (Wildman–Crippen MR) is 53.3 cm³/mol. The molecule has 0 saturated carbocycles. The Hall–Kier alpha value is -1.78. The standard InChI is InChI=1S/C11H9F3N2/c1-8-7-9(11(12,13)14)3-4-10(8)16-6-2-5-15-16/h2-7H,1H3. The van der Waals surface area contributed by atoms with Gasteiger partial charge in [-0.1, -0.05) is 0 Å². The molecule has 0 aliphatic heterocycles. The molecule has 1 heterocycles. The Balaban J connectivity index is 2.46. The van der Waals surface area contributed by atoms with Gasteiger partial charge in [0, 0.05) is 12.4 Å². The minimum absolute atomic E-state index is 0.540.